The van der Waals surface area contributed by atoms with E-state index in [1.807, 2.05) is 44.2 Å². The first-order valence-electron chi connectivity index (χ1n) is 9.42. The van der Waals surface area contributed by atoms with Crippen LogP contribution in [0.1, 0.15) is 30.9 Å². The van der Waals surface area contributed by atoms with Gasteiger partial charge in [0.25, 0.3) is 0 Å². The van der Waals surface area contributed by atoms with E-state index < -0.39 is 0 Å². The third-order valence-corrected chi connectivity index (χ3v) is 5.44. The lowest BCUT2D eigenvalue weighted by molar-refractivity contribution is -0.113. The number of anilines is 1. The maximum atomic E-state index is 12.5. The second-order valence-corrected chi connectivity index (χ2v) is 7.59. The average molecular weight is 396 g/mol. The molecule has 1 N–H and O–H groups in total. The molecule has 0 atom stereocenters. The van der Waals surface area contributed by atoms with Crippen molar-refractivity contribution in [1.82, 2.24) is 19.7 Å². The Labute approximate surface area is 169 Å². The molecule has 0 fully saturated rings. The maximum absolute atomic E-state index is 12.5. The third kappa shape index (κ3) is 4.78. The Hall–Kier alpha value is -2.67. The zero-order valence-electron chi connectivity index (χ0n) is 16.5. The molecule has 0 aliphatic carbocycles. The molecule has 0 radical (unpaired) electrons. The molecule has 0 saturated heterocycles. The Balaban J connectivity index is 1.73. The maximum Gasteiger partial charge on any atom is 0.234 e. The summed E-state index contributed by atoms with van der Waals surface area (Å²) in [4.78, 5) is 16.6. The highest BCUT2D eigenvalue weighted by Crippen LogP contribution is 2.25. The number of hydrogen-bond acceptors (Lipinski definition) is 5. The highest BCUT2D eigenvalue weighted by atomic mass is 32.2. The quantitative estimate of drug-likeness (QED) is 0.569. The van der Waals surface area contributed by atoms with Gasteiger partial charge in [0.15, 0.2) is 11.0 Å². The van der Waals surface area contributed by atoms with Gasteiger partial charge < -0.3 is 9.88 Å². The van der Waals surface area contributed by atoms with Crippen molar-refractivity contribution >= 4 is 23.4 Å². The minimum absolute atomic E-state index is 0.0436. The monoisotopic (exact) mass is 395 g/mol. The van der Waals surface area contributed by atoms with E-state index in [0.717, 1.165) is 52.7 Å². The Bertz CT molecular complexity index is 919. The molecule has 0 aliphatic heterocycles. The number of rotatable bonds is 8. The zero-order valence-corrected chi connectivity index (χ0v) is 17.3. The normalized spacial score (nSPS) is 10.8. The fraction of sp³-hybridized carbons (Fsp3) is 0.333. The van der Waals surface area contributed by atoms with Crippen LogP contribution in [0.5, 0.6) is 0 Å². The molecular formula is C21H25N5OS. The van der Waals surface area contributed by atoms with Gasteiger partial charge in [0.1, 0.15) is 0 Å². The van der Waals surface area contributed by atoms with E-state index in [4.69, 9.17) is 0 Å². The van der Waals surface area contributed by atoms with Gasteiger partial charge >= 0.3 is 0 Å². The highest BCUT2D eigenvalue weighted by molar-refractivity contribution is 7.99. The van der Waals surface area contributed by atoms with Crippen LogP contribution in [0, 0.1) is 13.8 Å². The summed E-state index contributed by atoms with van der Waals surface area (Å²) in [5.74, 6) is 1.06. The predicted octanol–water partition coefficient (Wildman–Crippen LogP) is 4.49. The summed E-state index contributed by atoms with van der Waals surface area (Å²) in [5, 5.41) is 12.5. The summed E-state index contributed by atoms with van der Waals surface area (Å²) >= 11 is 1.41. The van der Waals surface area contributed by atoms with Crippen molar-refractivity contribution < 1.29 is 4.79 Å². The van der Waals surface area contributed by atoms with Crippen LogP contribution in [0.4, 0.5) is 5.69 Å². The molecule has 0 saturated carbocycles. The van der Waals surface area contributed by atoms with Crippen LogP contribution in [0.3, 0.4) is 0 Å². The Morgan fingerprint density at radius 1 is 1.11 bits per heavy atom. The van der Waals surface area contributed by atoms with Crippen LogP contribution in [-0.4, -0.2) is 31.4 Å². The molecule has 1 aromatic carbocycles. The first-order chi connectivity index (χ1) is 13.6. The van der Waals surface area contributed by atoms with Crippen LogP contribution in [0.2, 0.25) is 0 Å². The third-order valence-electron chi connectivity index (χ3n) is 4.47. The lowest BCUT2D eigenvalue weighted by Gasteiger charge is -2.12. The zero-order chi connectivity index (χ0) is 19.9. The van der Waals surface area contributed by atoms with E-state index in [1.54, 1.807) is 12.4 Å². The number of carbonyl (C=O) groups excluding carboxylic acids is 1. The van der Waals surface area contributed by atoms with Crippen molar-refractivity contribution in [3.63, 3.8) is 0 Å². The fourth-order valence-corrected chi connectivity index (χ4v) is 3.71. The summed E-state index contributed by atoms with van der Waals surface area (Å²) in [7, 11) is 0. The number of nitrogens with zero attached hydrogens (tertiary/aromatic N) is 4. The summed E-state index contributed by atoms with van der Waals surface area (Å²) in [6.07, 6.45) is 5.60. The molecule has 146 valence electrons. The fourth-order valence-electron chi connectivity index (χ4n) is 2.95. The summed E-state index contributed by atoms with van der Waals surface area (Å²) in [6.45, 7) is 6.97. The van der Waals surface area contributed by atoms with E-state index >= 15 is 0 Å². The lowest BCUT2D eigenvalue weighted by Crippen LogP contribution is -2.16. The molecule has 0 unspecified atom stereocenters. The number of aryl methyl sites for hydroxylation is 2. The molecule has 1 amide bonds. The molecule has 2 aromatic heterocycles. The van der Waals surface area contributed by atoms with Crippen molar-refractivity contribution in [2.45, 2.75) is 45.3 Å². The number of amides is 1. The molecule has 7 heteroatoms. The largest absolute Gasteiger partial charge is 0.325 e. The van der Waals surface area contributed by atoms with Gasteiger partial charge in [-0.3, -0.25) is 9.78 Å². The first-order valence-corrected chi connectivity index (χ1v) is 10.4. The second-order valence-electron chi connectivity index (χ2n) is 6.65. The molecule has 0 bridgehead atoms. The number of benzene rings is 1. The van der Waals surface area contributed by atoms with Crippen LogP contribution in [-0.2, 0) is 11.3 Å². The van der Waals surface area contributed by atoms with E-state index in [0.29, 0.717) is 0 Å². The van der Waals surface area contributed by atoms with Gasteiger partial charge in [0.05, 0.1) is 5.75 Å². The Kier molecular flexibility index (Phi) is 6.81. The van der Waals surface area contributed by atoms with Gasteiger partial charge in [-0.2, -0.15) is 0 Å². The van der Waals surface area contributed by atoms with Gasteiger partial charge in [-0.25, -0.2) is 0 Å². The minimum atomic E-state index is -0.0436. The van der Waals surface area contributed by atoms with E-state index in [2.05, 4.69) is 32.0 Å². The number of aromatic nitrogens is 4. The van der Waals surface area contributed by atoms with Gasteiger partial charge in [-0.15, -0.1) is 10.2 Å². The summed E-state index contributed by atoms with van der Waals surface area (Å²) < 4.78 is 2.09. The molecular weight excluding hydrogens is 370 g/mol. The number of thioether (sulfide) groups is 1. The van der Waals surface area contributed by atoms with Crippen molar-refractivity contribution in [2.75, 3.05) is 11.1 Å². The van der Waals surface area contributed by atoms with E-state index in [9.17, 15) is 4.79 Å². The minimum Gasteiger partial charge on any atom is -0.325 e. The average Bonchev–Trinajstić information content (AvgIpc) is 3.11. The number of hydrogen-bond donors (Lipinski definition) is 1. The predicted molar refractivity (Wildman–Crippen MR) is 113 cm³/mol. The molecule has 2 heterocycles. The van der Waals surface area contributed by atoms with Crippen LogP contribution < -0.4 is 5.32 Å². The Morgan fingerprint density at radius 2 is 1.82 bits per heavy atom. The molecule has 0 aliphatic rings. The number of carbonyl (C=O) groups is 1. The molecule has 28 heavy (non-hydrogen) atoms. The van der Waals surface area contributed by atoms with Crippen molar-refractivity contribution in [1.29, 1.82) is 0 Å². The number of unbranched alkanes of at least 4 members (excludes halogenated alkanes) is 1. The smallest absolute Gasteiger partial charge is 0.234 e. The molecule has 0 spiro atoms. The van der Waals surface area contributed by atoms with Gasteiger partial charge in [0.2, 0.25) is 5.91 Å². The summed E-state index contributed by atoms with van der Waals surface area (Å²) in [5.41, 5.74) is 3.98. The molecule has 3 aromatic rings. The highest BCUT2D eigenvalue weighted by Gasteiger charge is 2.16. The van der Waals surface area contributed by atoms with Crippen molar-refractivity contribution in [2.24, 2.45) is 0 Å². The number of pyridine rings is 1. The lowest BCUT2D eigenvalue weighted by atomic mass is 10.1. The second kappa shape index (κ2) is 9.50. The standard InChI is InChI=1S/C21H25N5OS/c1-4-5-13-26-20(17-9-11-22-12-10-17)24-25-21(26)28-14-18(27)23-19-15(2)7-6-8-16(19)3/h6-12H,4-5,13-14H2,1-3H3,(H,23,27). The van der Waals surface area contributed by atoms with E-state index in [-0.39, 0.29) is 11.7 Å². The van der Waals surface area contributed by atoms with Crippen molar-refractivity contribution in [3.05, 3.63) is 53.9 Å². The topological polar surface area (TPSA) is 72.7 Å². The van der Waals surface area contributed by atoms with E-state index in [1.165, 1.54) is 11.8 Å². The van der Waals surface area contributed by atoms with Crippen LogP contribution in [0.15, 0.2) is 47.9 Å². The number of para-hydroxylation sites is 1. The van der Waals surface area contributed by atoms with Gasteiger partial charge in [0, 0.05) is 30.2 Å². The number of nitrogens with one attached hydrogen (secondary N) is 1. The SMILES string of the molecule is CCCCn1c(SCC(=O)Nc2c(C)cccc2C)nnc1-c1ccncc1. The molecule has 6 nitrogen and oxygen atoms in total. The first kappa shape index (κ1) is 20.1. The molecule has 3 rings (SSSR count). The van der Waals surface area contributed by atoms with Crippen LogP contribution >= 0.6 is 11.8 Å². The van der Waals surface area contributed by atoms with Gasteiger partial charge in [-0.05, 0) is 43.5 Å². The summed E-state index contributed by atoms with van der Waals surface area (Å²) in [6, 6.07) is 9.84. The Morgan fingerprint density at radius 3 is 2.50 bits per heavy atom. The van der Waals surface area contributed by atoms with Crippen LogP contribution in [0.25, 0.3) is 11.4 Å². The van der Waals surface area contributed by atoms with Gasteiger partial charge in [-0.1, -0.05) is 43.3 Å². The van der Waals surface area contributed by atoms with Crippen molar-refractivity contribution in [3.8, 4) is 11.4 Å².